The van der Waals surface area contributed by atoms with Gasteiger partial charge in [-0.2, -0.15) is 0 Å². The Morgan fingerprint density at radius 3 is 2.40 bits per heavy atom. The van der Waals surface area contributed by atoms with E-state index in [4.69, 9.17) is 9.47 Å². The average Bonchev–Trinajstić information content (AvgIpc) is 2.63. The van der Waals surface area contributed by atoms with Crippen LogP contribution in [0.3, 0.4) is 0 Å². The molecule has 2 aromatic carbocycles. The summed E-state index contributed by atoms with van der Waals surface area (Å²) in [5.41, 5.74) is 2.24. The molecule has 0 saturated heterocycles. The zero-order valence-corrected chi connectivity index (χ0v) is 14.7. The molecule has 0 fully saturated rings. The Kier molecular flexibility index (Phi) is 7.99. The van der Waals surface area contributed by atoms with E-state index in [-0.39, 0.29) is 11.7 Å². The molecule has 0 bridgehead atoms. The van der Waals surface area contributed by atoms with Gasteiger partial charge in [-0.05, 0) is 49.4 Å². The van der Waals surface area contributed by atoms with Crippen molar-refractivity contribution < 1.29 is 19.4 Å². The molecule has 1 atom stereocenters. The number of aryl methyl sites for hydroxylation is 1. The first-order valence-corrected chi connectivity index (χ1v) is 8.79. The number of phenols is 1. The fourth-order valence-corrected chi connectivity index (χ4v) is 2.59. The van der Waals surface area contributed by atoms with Gasteiger partial charge < -0.3 is 14.6 Å². The van der Waals surface area contributed by atoms with Crippen molar-refractivity contribution in [3.8, 4) is 5.75 Å². The minimum absolute atomic E-state index is 0.207. The topological polar surface area (TPSA) is 55.8 Å². The Balaban J connectivity index is 1.79. The lowest BCUT2D eigenvalue weighted by atomic mass is 10.1. The van der Waals surface area contributed by atoms with Gasteiger partial charge in [0.05, 0.1) is 6.61 Å². The van der Waals surface area contributed by atoms with Gasteiger partial charge in [-0.1, -0.05) is 42.5 Å². The van der Waals surface area contributed by atoms with Gasteiger partial charge in [-0.3, -0.25) is 0 Å². The van der Waals surface area contributed by atoms with Crippen molar-refractivity contribution in [2.24, 2.45) is 0 Å². The summed E-state index contributed by atoms with van der Waals surface area (Å²) in [4.78, 5) is 12.1. The van der Waals surface area contributed by atoms with Crippen LogP contribution in [0.5, 0.6) is 5.75 Å². The van der Waals surface area contributed by atoms with Gasteiger partial charge in [-0.15, -0.1) is 0 Å². The monoisotopic (exact) mass is 342 g/mol. The van der Waals surface area contributed by atoms with Crippen molar-refractivity contribution in [2.75, 3.05) is 13.2 Å². The van der Waals surface area contributed by atoms with Crippen LogP contribution in [-0.2, 0) is 27.1 Å². The van der Waals surface area contributed by atoms with E-state index in [0.717, 1.165) is 24.8 Å². The van der Waals surface area contributed by atoms with E-state index in [2.05, 4.69) is 12.1 Å². The van der Waals surface area contributed by atoms with Crippen molar-refractivity contribution in [1.29, 1.82) is 0 Å². The summed E-state index contributed by atoms with van der Waals surface area (Å²) in [6.07, 6.45) is 2.74. The third kappa shape index (κ3) is 6.98. The van der Waals surface area contributed by atoms with Crippen LogP contribution in [0, 0.1) is 0 Å². The normalized spacial score (nSPS) is 11.9. The van der Waals surface area contributed by atoms with Gasteiger partial charge >= 0.3 is 5.97 Å². The summed E-state index contributed by atoms with van der Waals surface area (Å²) in [6, 6.07) is 17.1. The molecule has 0 aliphatic carbocycles. The number of rotatable bonds is 10. The van der Waals surface area contributed by atoms with E-state index < -0.39 is 6.10 Å². The minimum Gasteiger partial charge on any atom is -0.508 e. The lowest BCUT2D eigenvalue weighted by Crippen LogP contribution is -2.29. The molecule has 0 aliphatic heterocycles. The van der Waals surface area contributed by atoms with Crippen molar-refractivity contribution in [3.63, 3.8) is 0 Å². The molecule has 0 aromatic heterocycles. The van der Waals surface area contributed by atoms with Crippen molar-refractivity contribution in [2.45, 2.75) is 38.7 Å². The Morgan fingerprint density at radius 1 is 1.00 bits per heavy atom. The maximum absolute atomic E-state index is 12.1. The van der Waals surface area contributed by atoms with E-state index in [0.29, 0.717) is 19.6 Å². The predicted molar refractivity (Wildman–Crippen MR) is 97.6 cm³/mol. The van der Waals surface area contributed by atoms with Gasteiger partial charge in [0, 0.05) is 13.0 Å². The Bertz CT molecular complexity index is 622. The molecule has 2 aromatic rings. The van der Waals surface area contributed by atoms with Gasteiger partial charge in [-0.25, -0.2) is 4.79 Å². The van der Waals surface area contributed by atoms with Crippen LogP contribution < -0.4 is 0 Å². The third-order valence-corrected chi connectivity index (χ3v) is 3.93. The first-order valence-electron chi connectivity index (χ1n) is 8.79. The SMILES string of the molecule is CCOC(=O)[C@@H](Cc1ccc(O)cc1)OCCCCc1ccccc1. The molecule has 2 rings (SSSR count). The second kappa shape index (κ2) is 10.5. The number of phenolic OH excluding ortho intramolecular Hbond substituents is 1. The standard InChI is InChI=1S/C21H26O4/c1-2-24-21(23)20(16-18-11-13-19(22)14-12-18)25-15-7-6-10-17-8-4-3-5-9-17/h3-5,8-9,11-14,20,22H,2,6-7,10,15-16H2,1H3/t20-/m1/s1. The predicted octanol–water partition coefficient (Wildman–Crippen LogP) is 3.91. The van der Waals surface area contributed by atoms with Gasteiger partial charge in [0.15, 0.2) is 6.10 Å². The summed E-state index contributed by atoms with van der Waals surface area (Å²) >= 11 is 0. The summed E-state index contributed by atoms with van der Waals surface area (Å²) in [5.74, 6) is -0.128. The van der Waals surface area contributed by atoms with E-state index in [1.54, 1.807) is 31.2 Å². The highest BCUT2D eigenvalue weighted by Crippen LogP contribution is 2.14. The number of benzene rings is 2. The van der Waals surface area contributed by atoms with E-state index in [9.17, 15) is 9.90 Å². The molecular weight excluding hydrogens is 316 g/mol. The van der Waals surface area contributed by atoms with Crippen LogP contribution in [0.2, 0.25) is 0 Å². The van der Waals surface area contributed by atoms with Crippen LogP contribution in [0.1, 0.15) is 30.9 Å². The lowest BCUT2D eigenvalue weighted by molar-refractivity contribution is -0.156. The quantitative estimate of drug-likeness (QED) is 0.525. The number of esters is 1. The molecule has 25 heavy (non-hydrogen) atoms. The van der Waals surface area contributed by atoms with Gasteiger partial charge in [0.25, 0.3) is 0 Å². The summed E-state index contributed by atoms with van der Waals surface area (Å²) in [6.45, 7) is 2.64. The molecular formula is C21H26O4. The van der Waals surface area contributed by atoms with Crippen LogP contribution in [-0.4, -0.2) is 30.4 Å². The first-order chi connectivity index (χ1) is 12.2. The fourth-order valence-electron chi connectivity index (χ4n) is 2.59. The highest BCUT2D eigenvalue weighted by molar-refractivity contribution is 5.75. The Hall–Kier alpha value is -2.33. The summed E-state index contributed by atoms with van der Waals surface area (Å²) in [5, 5.41) is 9.36. The Labute approximate surface area is 149 Å². The number of hydrogen-bond acceptors (Lipinski definition) is 4. The molecule has 0 spiro atoms. The third-order valence-electron chi connectivity index (χ3n) is 3.93. The molecule has 0 saturated carbocycles. The zero-order chi connectivity index (χ0) is 17.9. The molecule has 0 amide bonds. The van der Waals surface area contributed by atoms with E-state index in [1.165, 1.54) is 5.56 Å². The van der Waals surface area contributed by atoms with E-state index in [1.807, 2.05) is 18.2 Å². The van der Waals surface area contributed by atoms with Gasteiger partial charge in [0.1, 0.15) is 5.75 Å². The highest BCUT2D eigenvalue weighted by atomic mass is 16.6. The number of carbonyl (C=O) groups excluding carboxylic acids is 1. The first kappa shape index (κ1) is 19.0. The molecule has 0 radical (unpaired) electrons. The number of ether oxygens (including phenoxy) is 2. The summed E-state index contributed by atoms with van der Waals surface area (Å²) < 4.78 is 10.9. The molecule has 0 heterocycles. The molecule has 0 unspecified atom stereocenters. The molecule has 4 heteroatoms. The van der Waals surface area contributed by atoms with E-state index >= 15 is 0 Å². The molecule has 134 valence electrons. The van der Waals surface area contributed by atoms with Crippen LogP contribution in [0.4, 0.5) is 0 Å². The molecule has 1 N–H and O–H groups in total. The van der Waals surface area contributed by atoms with Crippen LogP contribution in [0.15, 0.2) is 54.6 Å². The second-order valence-electron chi connectivity index (χ2n) is 5.92. The van der Waals surface area contributed by atoms with Crippen molar-refractivity contribution in [3.05, 3.63) is 65.7 Å². The highest BCUT2D eigenvalue weighted by Gasteiger charge is 2.21. The molecule has 4 nitrogen and oxygen atoms in total. The van der Waals surface area contributed by atoms with Gasteiger partial charge in [0.2, 0.25) is 0 Å². The van der Waals surface area contributed by atoms with Crippen LogP contribution >= 0.6 is 0 Å². The number of unbranched alkanes of at least 4 members (excludes halogenated alkanes) is 1. The Morgan fingerprint density at radius 2 is 1.72 bits per heavy atom. The number of carbonyl (C=O) groups is 1. The van der Waals surface area contributed by atoms with Crippen molar-refractivity contribution >= 4 is 5.97 Å². The number of hydrogen-bond donors (Lipinski definition) is 1. The summed E-state index contributed by atoms with van der Waals surface area (Å²) in [7, 11) is 0. The largest absolute Gasteiger partial charge is 0.508 e. The number of aromatic hydroxyl groups is 1. The van der Waals surface area contributed by atoms with Crippen molar-refractivity contribution in [1.82, 2.24) is 0 Å². The molecule has 0 aliphatic rings. The minimum atomic E-state index is -0.610. The maximum atomic E-state index is 12.1. The second-order valence-corrected chi connectivity index (χ2v) is 5.92. The maximum Gasteiger partial charge on any atom is 0.335 e. The lowest BCUT2D eigenvalue weighted by Gasteiger charge is -2.16. The van der Waals surface area contributed by atoms with Crippen LogP contribution in [0.25, 0.3) is 0 Å². The smallest absolute Gasteiger partial charge is 0.335 e. The zero-order valence-electron chi connectivity index (χ0n) is 14.7. The fraction of sp³-hybridized carbons (Fsp3) is 0.381. The average molecular weight is 342 g/mol.